The largest absolute Gasteiger partial charge is 0.508 e. The van der Waals surface area contributed by atoms with Crippen LogP contribution in [0.5, 0.6) is 5.75 Å². The molecular formula is C13H21NO3. The Morgan fingerprint density at radius 3 is 2.41 bits per heavy atom. The van der Waals surface area contributed by atoms with Crippen molar-refractivity contribution in [3.63, 3.8) is 0 Å². The number of para-hydroxylation sites is 1. The number of hydrogen-bond donors (Lipinski definition) is 2. The summed E-state index contributed by atoms with van der Waals surface area (Å²) < 4.78 is 10.2. The number of ether oxygens (including phenoxy) is 2. The molecule has 96 valence electrons. The van der Waals surface area contributed by atoms with Crippen LogP contribution < -0.4 is 5.32 Å². The Hall–Kier alpha value is -1.10. The Bertz CT molecular complexity index is 326. The fourth-order valence-electron chi connectivity index (χ4n) is 1.76. The lowest BCUT2D eigenvalue weighted by atomic mass is 10.0. The van der Waals surface area contributed by atoms with E-state index in [1.807, 2.05) is 18.2 Å². The van der Waals surface area contributed by atoms with E-state index < -0.39 is 0 Å². The minimum Gasteiger partial charge on any atom is -0.508 e. The van der Waals surface area contributed by atoms with Crippen LogP contribution in [0.15, 0.2) is 24.3 Å². The van der Waals surface area contributed by atoms with E-state index in [0.717, 1.165) is 12.0 Å². The van der Waals surface area contributed by atoms with Crippen molar-refractivity contribution in [2.24, 2.45) is 0 Å². The molecule has 0 amide bonds. The Kier molecular flexibility index (Phi) is 5.97. The van der Waals surface area contributed by atoms with Crippen LogP contribution in [-0.4, -0.2) is 32.2 Å². The van der Waals surface area contributed by atoms with Gasteiger partial charge < -0.3 is 19.9 Å². The third-order valence-electron chi connectivity index (χ3n) is 2.78. The first kappa shape index (κ1) is 14.0. The zero-order valence-electron chi connectivity index (χ0n) is 10.6. The van der Waals surface area contributed by atoms with Gasteiger partial charge in [0.25, 0.3) is 0 Å². The zero-order chi connectivity index (χ0) is 12.7. The van der Waals surface area contributed by atoms with Gasteiger partial charge in [0.2, 0.25) is 0 Å². The normalized spacial score (nSPS) is 12.9. The Labute approximate surface area is 103 Å². The number of rotatable bonds is 7. The van der Waals surface area contributed by atoms with Gasteiger partial charge in [-0.3, -0.25) is 0 Å². The molecule has 1 atom stereocenters. The molecule has 1 unspecified atom stereocenters. The van der Waals surface area contributed by atoms with Crippen molar-refractivity contribution >= 4 is 0 Å². The number of methoxy groups -OCH3 is 2. The van der Waals surface area contributed by atoms with Crippen molar-refractivity contribution in [1.29, 1.82) is 0 Å². The number of benzene rings is 1. The van der Waals surface area contributed by atoms with E-state index in [0.29, 0.717) is 12.3 Å². The molecule has 0 aliphatic heterocycles. The molecule has 0 aromatic heterocycles. The minimum atomic E-state index is -0.269. The first-order valence-corrected chi connectivity index (χ1v) is 5.79. The molecule has 0 heterocycles. The topological polar surface area (TPSA) is 50.7 Å². The predicted octanol–water partition coefficient (Wildman–Crippen LogP) is 2.05. The molecule has 1 aromatic rings. The maximum absolute atomic E-state index is 9.79. The zero-order valence-corrected chi connectivity index (χ0v) is 10.6. The van der Waals surface area contributed by atoms with Crippen molar-refractivity contribution in [1.82, 2.24) is 5.32 Å². The highest BCUT2D eigenvalue weighted by atomic mass is 16.7. The monoisotopic (exact) mass is 239 g/mol. The van der Waals surface area contributed by atoms with Gasteiger partial charge >= 0.3 is 0 Å². The smallest absolute Gasteiger partial charge is 0.169 e. The van der Waals surface area contributed by atoms with Crippen molar-refractivity contribution in [2.45, 2.75) is 25.7 Å². The summed E-state index contributed by atoms with van der Waals surface area (Å²) in [5.41, 5.74) is 0.904. The molecule has 0 aliphatic rings. The van der Waals surface area contributed by atoms with Gasteiger partial charge in [-0.05, 0) is 12.5 Å². The first-order chi connectivity index (χ1) is 8.22. The Morgan fingerprint density at radius 2 is 1.88 bits per heavy atom. The van der Waals surface area contributed by atoms with E-state index >= 15 is 0 Å². The number of aromatic hydroxyl groups is 1. The van der Waals surface area contributed by atoms with Gasteiger partial charge in [-0.25, -0.2) is 0 Å². The summed E-state index contributed by atoms with van der Waals surface area (Å²) in [5, 5.41) is 13.1. The molecule has 4 heteroatoms. The van der Waals surface area contributed by atoms with Crippen LogP contribution in [0.1, 0.15) is 24.9 Å². The maximum Gasteiger partial charge on any atom is 0.169 e. The number of phenolic OH excluding ortho intramolecular Hbond substituents is 1. The third-order valence-corrected chi connectivity index (χ3v) is 2.78. The van der Waals surface area contributed by atoms with E-state index in [4.69, 9.17) is 9.47 Å². The van der Waals surface area contributed by atoms with Gasteiger partial charge in [0.1, 0.15) is 5.75 Å². The van der Waals surface area contributed by atoms with E-state index in [9.17, 15) is 5.11 Å². The van der Waals surface area contributed by atoms with E-state index in [1.54, 1.807) is 20.3 Å². The quantitative estimate of drug-likeness (QED) is 0.715. The van der Waals surface area contributed by atoms with E-state index in [-0.39, 0.29) is 12.3 Å². The lowest BCUT2D eigenvalue weighted by molar-refractivity contribution is -0.1000. The molecule has 1 rings (SSSR count). The molecule has 0 aliphatic carbocycles. The Morgan fingerprint density at radius 1 is 1.24 bits per heavy atom. The summed E-state index contributed by atoms with van der Waals surface area (Å²) in [6.07, 6.45) is 0.618. The van der Waals surface area contributed by atoms with Gasteiger partial charge in [-0.1, -0.05) is 25.1 Å². The molecule has 0 fully saturated rings. The highest BCUT2D eigenvalue weighted by molar-refractivity contribution is 5.34. The summed E-state index contributed by atoms with van der Waals surface area (Å²) >= 11 is 0. The highest BCUT2D eigenvalue weighted by Crippen LogP contribution is 2.25. The average Bonchev–Trinajstić information content (AvgIpc) is 2.36. The maximum atomic E-state index is 9.79. The minimum absolute atomic E-state index is 0.101. The number of phenols is 1. The van der Waals surface area contributed by atoms with Gasteiger partial charge in [-0.15, -0.1) is 0 Å². The number of nitrogens with one attached hydrogen (secondary N) is 1. The van der Waals surface area contributed by atoms with E-state index in [2.05, 4.69) is 12.2 Å². The van der Waals surface area contributed by atoms with E-state index in [1.165, 1.54) is 0 Å². The summed E-state index contributed by atoms with van der Waals surface area (Å²) in [5.74, 6) is 0.318. The molecule has 0 radical (unpaired) electrons. The van der Waals surface area contributed by atoms with Crippen molar-refractivity contribution in [3.05, 3.63) is 29.8 Å². The summed E-state index contributed by atoms with van der Waals surface area (Å²) in [7, 11) is 3.22. The molecule has 17 heavy (non-hydrogen) atoms. The van der Waals surface area contributed by atoms with Gasteiger partial charge in [0.15, 0.2) is 6.29 Å². The molecule has 0 bridgehead atoms. The van der Waals surface area contributed by atoms with Crippen LogP contribution in [0, 0.1) is 0 Å². The summed E-state index contributed by atoms with van der Waals surface area (Å²) in [6.45, 7) is 2.65. The lowest BCUT2D eigenvalue weighted by Gasteiger charge is -2.21. The summed E-state index contributed by atoms with van der Waals surface area (Å²) in [6, 6.07) is 7.46. The average molecular weight is 239 g/mol. The van der Waals surface area contributed by atoms with Crippen LogP contribution >= 0.6 is 0 Å². The fraction of sp³-hybridized carbons (Fsp3) is 0.538. The molecule has 0 saturated heterocycles. The van der Waals surface area contributed by atoms with Crippen LogP contribution in [-0.2, 0) is 9.47 Å². The van der Waals surface area contributed by atoms with Gasteiger partial charge in [0.05, 0.1) is 0 Å². The fourth-order valence-corrected chi connectivity index (χ4v) is 1.76. The molecular weight excluding hydrogens is 218 g/mol. The molecule has 0 saturated carbocycles. The molecule has 2 N–H and O–H groups in total. The SMILES string of the molecule is CCC(NCC(OC)OC)c1ccccc1O. The van der Waals surface area contributed by atoms with Gasteiger partial charge in [-0.2, -0.15) is 0 Å². The Balaban J connectivity index is 2.63. The van der Waals surface area contributed by atoms with Crippen molar-refractivity contribution < 1.29 is 14.6 Å². The second-order valence-electron chi connectivity index (χ2n) is 3.83. The molecule has 1 aromatic carbocycles. The lowest BCUT2D eigenvalue weighted by Crippen LogP contribution is -2.32. The number of hydrogen-bond acceptors (Lipinski definition) is 4. The van der Waals surface area contributed by atoms with Crippen LogP contribution in [0.25, 0.3) is 0 Å². The highest BCUT2D eigenvalue weighted by Gasteiger charge is 2.14. The molecule has 4 nitrogen and oxygen atoms in total. The van der Waals surface area contributed by atoms with Crippen molar-refractivity contribution in [3.8, 4) is 5.75 Å². The van der Waals surface area contributed by atoms with Crippen LogP contribution in [0.2, 0.25) is 0 Å². The standard InChI is InChI=1S/C13H21NO3/c1-4-11(14-9-13(16-2)17-3)10-7-5-6-8-12(10)15/h5-8,11,13-15H,4,9H2,1-3H3. The molecule has 0 spiro atoms. The predicted molar refractivity (Wildman–Crippen MR) is 66.9 cm³/mol. The summed E-state index contributed by atoms with van der Waals surface area (Å²) in [4.78, 5) is 0. The van der Waals surface area contributed by atoms with Gasteiger partial charge in [0, 0.05) is 32.4 Å². The van der Waals surface area contributed by atoms with Crippen molar-refractivity contribution in [2.75, 3.05) is 20.8 Å². The first-order valence-electron chi connectivity index (χ1n) is 5.79. The second kappa shape index (κ2) is 7.27. The van der Waals surface area contributed by atoms with Crippen LogP contribution in [0.4, 0.5) is 0 Å². The van der Waals surface area contributed by atoms with Crippen LogP contribution in [0.3, 0.4) is 0 Å². The third kappa shape index (κ3) is 4.00. The second-order valence-corrected chi connectivity index (χ2v) is 3.83.